The second-order valence-corrected chi connectivity index (χ2v) is 10.4. The summed E-state index contributed by atoms with van der Waals surface area (Å²) in [5, 5.41) is 22.9. The maximum absolute atomic E-state index is 14.1. The molecular weight excluding hydrogens is 461 g/mol. The Balaban J connectivity index is 1.16. The summed E-state index contributed by atoms with van der Waals surface area (Å²) < 4.78 is 14.1. The summed E-state index contributed by atoms with van der Waals surface area (Å²) in [5.41, 5.74) is 1.16. The summed E-state index contributed by atoms with van der Waals surface area (Å²) in [5.74, 6) is 0.382. The standard InChI is InChI=1S/C27H36FN5O3/c1-2-21-17-32(26-25(35)13-20(15-29-26)30-27(36)18-3-4-18)11-12-33(21)22-7-9-31(10-8-22)16-19-5-6-23(34)14-24(19)28/h5-6,13-15,18,21-22,34-35H,2-4,7-12,16-17H2,1H3,(H,30,36). The number of carbonyl (C=O) groups excluding carboxylic acids is 1. The molecule has 1 aromatic carbocycles. The highest BCUT2D eigenvalue weighted by Gasteiger charge is 2.34. The number of hydrogen-bond donors (Lipinski definition) is 3. The van der Waals surface area contributed by atoms with E-state index in [0.717, 1.165) is 64.8 Å². The van der Waals surface area contributed by atoms with Crippen molar-refractivity contribution in [3.63, 3.8) is 0 Å². The molecule has 3 N–H and O–H groups in total. The third-order valence-electron chi connectivity index (χ3n) is 7.82. The molecule has 1 amide bonds. The van der Waals surface area contributed by atoms with Crippen molar-refractivity contribution in [2.45, 2.75) is 57.7 Å². The number of likely N-dealkylation sites (tertiary alicyclic amines) is 1. The molecule has 194 valence electrons. The molecular formula is C27H36FN5O3. The molecule has 3 aliphatic rings. The monoisotopic (exact) mass is 497 g/mol. The van der Waals surface area contributed by atoms with Gasteiger partial charge in [0.2, 0.25) is 5.91 Å². The summed E-state index contributed by atoms with van der Waals surface area (Å²) in [4.78, 5) is 23.5. The van der Waals surface area contributed by atoms with Crippen LogP contribution in [-0.4, -0.2) is 75.7 Å². The molecule has 1 saturated carbocycles. The van der Waals surface area contributed by atoms with Crippen LogP contribution in [0.3, 0.4) is 0 Å². The molecule has 2 aromatic rings. The molecule has 0 radical (unpaired) electrons. The average molecular weight is 498 g/mol. The van der Waals surface area contributed by atoms with Gasteiger partial charge in [0, 0.05) is 61.9 Å². The Morgan fingerprint density at radius 3 is 2.56 bits per heavy atom. The van der Waals surface area contributed by atoms with Gasteiger partial charge >= 0.3 is 0 Å². The molecule has 36 heavy (non-hydrogen) atoms. The minimum absolute atomic E-state index is 0.00265. The lowest BCUT2D eigenvalue weighted by Gasteiger charge is -2.47. The number of phenolic OH excluding ortho intramolecular Hbond substituents is 1. The molecule has 2 saturated heterocycles. The van der Waals surface area contributed by atoms with Gasteiger partial charge in [0.15, 0.2) is 11.6 Å². The first-order chi connectivity index (χ1) is 17.4. The number of rotatable bonds is 7. The van der Waals surface area contributed by atoms with Gasteiger partial charge in [-0.1, -0.05) is 13.0 Å². The Hall–Kier alpha value is -2.91. The normalized spacial score (nSPS) is 22.1. The molecule has 8 nitrogen and oxygen atoms in total. The number of benzene rings is 1. The van der Waals surface area contributed by atoms with E-state index in [0.29, 0.717) is 35.7 Å². The molecule has 3 fully saturated rings. The fraction of sp³-hybridized carbons (Fsp3) is 0.556. The Labute approximate surface area is 211 Å². The Morgan fingerprint density at radius 1 is 1.11 bits per heavy atom. The molecule has 9 heteroatoms. The summed E-state index contributed by atoms with van der Waals surface area (Å²) >= 11 is 0. The van der Waals surface area contributed by atoms with Gasteiger partial charge in [-0.15, -0.1) is 0 Å². The number of carbonyl (C=O) groups is 1. The van der Waals surface area contributed by atoms with Crippen LogP contribution in [0, 0.1) is 11.7 Å². The molecule has 1 aromatic heterocycles. The number of piperidine rings is 1. The fourth-order valence-electron chi connectivity index (χ4n) is 5.57. The summed E-state index contributed by atoms with van der Waals surface area (Å²) in [6.07, 6.45) is 6.58. The van der Waals surface area contributed by atoms with Gasteiger partial charge in [0.1, 0.15) is 11.6 Å². The number of anilines is 2. The number of nitrogens with zero attached hydrogens (tertiary/aromatic N) is 4. The summed E-state index contributed by atoms with van der Waals surface area (Å²) in [7, 11) is 0. The molecule has 3 heterocycles. The van der Waals surface area contributed by atoms with E-state index in [4.69, 9.17) is 0 Å². The van der Waals surface area contributed by atoms with E-state index in [1.54, 1.807) is 24.4 Å². The predicted molar refractivity (Wildman–Crippen MR) is 137 cm³/mol. The predicted octanol–water partition coefficient (Wildman–Crippen LogP) is 3.55. The quantitative estimate of drug-likeness (QED) is 0.539. The second kappa shape index (κ2) is 10.6. The number of piperazine rings is 1. The van der Waals surface area contributed by atoms with Gasteiger partial charge in [0.25, 0.3) is 0 Å². The highest BCUT2D eigenvalue weighted by molar-refractivity contribution is 5.94. The summed E-state index contributed by atoms with van der Waals surface area (Å²) in [6, 6.07) is 6.83. The number of halogens is 1. The third kappa shape index (κ3) is 5.57. The number of amides is 1. The van der Waals surface area contributed by atoms with E-state index in [1.807, 2.05) is 0 Å². The smallest absolute Gasteiger partial charge is 0.227 e. The second-order valence-electron chi connectivity index (χ2n) is 10.4. The number of aromatic hydroxyl groups is 2. The first-order valence-electron chi connectivity index (χ1n) is 13.1. The minimum Gasteiger partial charge on any atom is -0.508 e. The molecule has 2 aliphatic heterocycles. The van der Waals surface area contributed by atoms with Crippen molar-refractivity contribution in [2.24, 2.45) is 5.92 Å². The zero-order valence-electron chi connectivity index (χ0n) is 20.9. The van der Waals surface area contributed by atoms with Gasteiger partial charge in [0.05, 0.1) is 11.9 Å². The zero-order valence-corrected chi connectivity index (χ0v) is 20.9. The maximum Gasteiger partial charge on any atom is 0.227 e. The van der Waals surface area contributed by atoms with Crippen LogP contribution in [0.1, 0.15) is 44.6 Å². The van der Waals surface area contributed by atoms with Crippen LogP contribution < -0.4 is 10.2 Å². The van der Waals surface area contributed by atoms with Crippen molar-refractivity contribution in [3.8, 4) is 11.5 Å². The molecule has 0 bridgehead atoms. The largest absolute Gasteiger partial charge is 0.508 e. The number of nitrogens with one attached hydrogen (secondary N) is 1. The van der Waals surface area contributed by atoms with Gasteiger partial charge in [-0.3, -0.25) is 14.6 Å². The van der Waals surface area contributed by atoms with Crippen LogP contribution in [0.5, 0.6) is 11.5 Å². The highest BCUT2D eigenvalue weighted by atomic mass is 19.1. The van der Waals surface area contributed by atoms with E-state index in [9.17, 15) is 19.4 Å². The van der Waals surface area contributed by atoms with E-state index < -0.39 is 0 Å². The first kappa shape index (κ1) is 24.8. The van der Waals surface area contributed by atoms with E-state index >= 15 is 0 Å². The highest BCUT2D eigenvalue weighted by Crippen LogP contribution is 2.33. The molecule has 5 rings (SSSR count). The van der Waals surface area contributed by atoms with Crippen LogP contribution in [0.15, 0.2) is 30.5 Å². The van der Waals surface area contributed by atoms with Gasteiger partial charge < -0.3 is 20.4 Å². The van der Waals surface area contributed by atoms with Crippen molar-refractivity contribution in [3.05, 3.63) is 41.8 Å². The van der Waals surface area contributed by atoms with E-state index in [2.05, 4.69) is 31.9 Å². The average Bonchev–Trinajstić information content (AvgIpc) is 3.72. The lowest BCUT2D eigenvalue weighted by Crippen LogP contribution is -2.58. The van der Waals surface area contributed by atoms with Crippen molar-refractivity contribution >= 4 is 17.4 Å². The van der Waals surface area contributed by atoms with Crippen LogP contribution >= 0.6 is 0 Å². The number of aromatic nitrogens is 1. The Morgan fingerprint density at radius 2 is 1.89 bits per heavy atom. The van der Waals surface area contributed by atoms with Crippen LogP contribution in [0.2, 0.25) is 0 Å². The van der Waals surface area contributed by atoms with Crippen LogP contribution in [-0.2, 0) is 11.3 Å². The maximum atomic E-state index is 14.1. The SMILES string of the molecule is CCC1CN(c2ncc(NC(=O)C3CC3)cc2O)CCN1C1CCN(Cc2ccc(O)cc2F)CC1. The Bertz CT molecular complexity index is 1090. The topological polar surface area (TPSA) is 92.2 Å². The molecule has 1 unspecified atom stereocenters. The van der Waals surface area contributed by atoms with Gasteiger partial charge in [-0.05, 0) is 51.3 Å². The van der Waals surface area contributed by atoms with Crippen LogP contribution in [0.4, 0.5) is 15.9 Å². The van der Waals surface area contributed by atoms with Crippen LogP contribution in [0.25, 0.3) is 0 Å². The zero-order chi connectivity index (χ0) is 25.2. The number of pyridine rings is 1. The van der Waals surface area contributed by atoms with Crippen molar-refractivity contribution in [2.75, 3.05) is 42.9 Å². The molecule has 0 spiro atoms. The first-order valence-corrected chi connectivity index (χ1v) is 13.1. The van der Waals surface area contributed by atoms with Crippen molar-refractivity contribution < 1.29 is 19.4 Å². The van der Waals surface area contributed by atoms with Gasteiger partial charge in [-0.2, -0.15) is 0 Å². The van der Waals surface area contributed by atoms with Crippen molar-refractivity contribution in [1.29, 1.82) is 0 Å². The van der Waals surface area contributed by atoms with E-state index in [-0.39, 0.29) is 29.1 Å². The molecule has 1 aliphatic carbocycles. The number of phenols is 1. The number of hydrogen-bond acceptors (Lipinski definition) is 7. The Kier molecular flexibility index (Phi) is 7.29. The van der Waals surface area contributed by atoms with E-state index in [1.165, 1.54) is 6.07 Å². The lowest BCUT2D eigenvalue weighted by atomic mass is 9.97. The minimum atomic E-state index is -0.352. The van der Waals surface area contributed by atoms with Gasteiger partial charge in [-0.25, -0.2) is 9.37 Å². The third-order valence-corrected chi connectivity index (χ3v) is 7.82. The summed E-state index contributed by atoms with van der Waals surface area (Å²) in [6.45, 7) is 7.07. The fourth-order valence-corrected chi connectivity index (χ4v) is 5.57. The lowest BCUT2D eigenvalue weighted by molar-refractivity contribution is -0.117. The van der Waals surface area contributed by atoms with Crippen molar-refractivity contribution in [1.82, 2.24) is 14.8 Å². The molecule has 1 atom stereocenters.